The normalized spacial score (nSPS) is 14.3. The summed E-state index contributed by atoms with van der Waals surface area (Å²) in [5, 5.41) is 14.1. The van der Waals surface area contributed by atoms with Gasteiger partial charge < -0.3 is 19.8 Å². The third-order valence-electron chi connectivity index (χ3n) is 15.1. The summed E-state index contributed by atoms with van der Waals surface area (Å²) in [6, 6.07) is -0.768. The summed E-state index contributed by atoms with van der Waals surface area (Å²) in [6.07, 6.45) is 89.2. The van der Waals surface area contributed by atoms with E-state index in [0.717, 1.165) is 89.9 Å². The Hall–Kier alpha value is -2.58. The minimum Gasteiger partial charge on any atom is -0.391 e. The van der Waals surface area contributed by atoms with E-state index in [4.69, 9.17) is 9.05 Å². The number of likely N-dealkylation sites (N-methyl/N-ethyl adjacent to an activating group) is 1. The summed E-state index contributed by atoms with van der Waals surface area (Å²) in [7, 11) is 1.61. The van der Waals surface area contributed by atoms with Crippen LogP contribution in [0.25, 0.3) is 0 Å². The van der Waals surface area contributed by atoms with Gasteiger partial charge in [-0.3, -0.25) is 13.8 Å². The smallest absolute Gasteiger partial charge is 0.391 e. The number of carbonyl (C=O) groups is 1. The molecule has 0 saturated heterocycles. The van der Waals surface area contributed by atoms with Gasteiger partial charge in [0.25, 0.3) is 0 Å². The minimum atomic E-state index is -4.33. The van der Waals surface area contributed by atoms with E-state index >= 15 is 0 Å². The SMILES string of the molecule is CC/C=C\C/C=C\C/C=C\C/C=C\C/C=C\C/C=C\C/C=C\C/C=C\CCCCCCCCCCCCCCC(=O)NC(COP(=O)(O)OCC[N+](C)(C)C)C(O)CCCCCCCCCCCCCCCCCCCCCCCC. The molecule has 0 spiro atoms. The molecule has 0 aromatic rings. The molecule has 0 aliphatic rings. The molecule has 0 aromatic carbocycles. The maximum atomic E-state index is 13.1. The average Bonchev–Trinajstić information content (AvgIpc) is 3.43. The van der Waals surface area contributed by atoms with E-state index in [1.807, 2.05) is 21.1 Å². The Morgan fingerprint density at radius 1 is 0.432 bits per heavy atom. The van der Waals surface area contributed by atoms with E-state index in [-0.39, 0.29) is 19.1 Å². The number of rotatable bonds is 62. The van der Waals surface area contributed by atoms with Crippen LogP contribution in [0.15, 0.2) is 97.2 Å². The number of nitrogens with zero attached hydrogens (tertiary/aromatic N) is 1. The molecule has 3 unspecified atom stereocenters. The fourth-order valence-corrected chi connectivity index (χ4v) is 10.6. The lowest BCUT2D eigenvalue weighted by atomic mass is 10.0. The summed E-state index contributed by atoms with van der Waals surface area (Å²) in [5.74, 6) is -0.146. The van der Waals surface area contributed by atoms with Crippen molar-refractivity contribution in [1.29, 1.82) is 0 Å². The zero-order valence-electron chi connectivity index (χ0n) is 53.8. The molecule has 8 nitrogen and oxygen atoms in total. The number of unbranched alkanes of at least 4 members (excludes halogenated alkanes) is 33. The van der Waals surface area contributed by atoms with Crippen molar-refractivity contribution in [3.63, 3.8) is 0 Å². The highest BCUT2D eigenvalue weighted by Gasteiger charge is 2.28. The Labute approximate surface area is 502 Å². The Morgan fingerprint density at radius 2 is 0.741 bits per heavy atom. The van der Waals surface area contributed by atoms with Crippen molar-refractivity contribution >= 4 is 13.7 Å². The van der Waals surface area contributed by atoms with Crippen LogP contribution in [-0.4, -0.2) is 73.4 Å². The molecule has 0 rings (SSSR count). The van der Waals surface area contributed by atoms with Crippen LogP contribution in [-0.2, 0) is 18.4 Å². The van der Waals surface area contributed by atoms with Gasteiger partial charge in [-0.05, 0) is 77.0 Å². The van der Waals surface area contributed by atoms with Gasteiger partial charge in [0.1, 0.15) is 13.2 Å². The van der Waals surface area contributed by atoms with Gasteiger partial charge in [-0.1, -0.05) is 317 Å². The Kier molecular flexibility index (Phi) is 60.0. The third-order valence-corrected chi connectivity index (χ3v) is 16.1. The van der Waals surface area contributed by atoms with Crippen LogP contribution in [0.4, 0.5) is 0 Å². The molecule has 0 radical (unpaired) electrons. The summed E-state index contributed by atoms with van der Waals surface area (Å²) < 4.78 is 23.9. The second-order valence-corrected chi connectivity index (χ2v) is 25.6. The zero-order valence-corrected chi connectivity index (χ0v) is 54.6. The monoisotopic (exact) mass is 1150 g/mol. The Balaban J connectivity index is 4.07. The predicted octanol–water partition coefficient (Wildman–Crippen LogP) is 21.7. The van der Waals surface area contributed by atoms with Crippen molar-refractivity contribution in [2.24, 2.45) is 0 Å². The highest BCUT2D eigenvalue weighted by Crippen LogP contribution is 2.43. The standard InChI is InChI=1S/C72H131N2O6P/c1-6-8-10-12-14-16-18-20-22-24-26-28-30-31-32-33-34-35-36-37-38-39-40-41-42-43-44-46-48-50-52-54-56-58-60-62-64-66-72(76)73-70(69-80-81(77,78)79-68-67-74(3,4)5)71(75)65-63-61-59-57-55-53-51-49-47-45-29-27-25-23-21-19-17-15-13-11-9-7-2/h8,10,14,16,20,22,26,28,31-32,34-35,37-38,40-41,70-71,75H,6-7,9,11-13,15,17-19,21,23-25,27,29-30,33,36,39,42-69H2,1-5H3,(H-,73,76,77,78)/p+1/b10-8-,16-14-,22-20-,28-26-,32-31-,35-34-,38-37-,41-40-. The van der Waals surface area contributed by atoms with Gasteiger partial charge in [0.2, 0.25) is 5.91 Å². The first-order chi connectivity index (χ1) is 39.5. The van der Waals surface area contributed by atoms with Crippen LogP contribution in [0.2, 0.25) is 0 Å². The van der Waals surface area contributed by atoms with Gasteiger partial charge in [0, 0.05) is 6.42 Å². The van der Waals surface area contributed by atoms with E-state index in [1.54, 1.807) is 0 Å². The first kappa shape index (κ1) is 78.4. The zero-order chi connectivity index (χ0) is 59.1. The maximum Gasteiger partial charge on any atom is 0.472 e. The second-order valence-electron chi connectivity index (χ2n) is 24.2. The molecule has 0 bridgehead atoms. The van der Waals surface area contributed by atoms with Gasteiger partial charge in [-0.15, -0.1) is 0 Å². The van der Waals surface area contributed by atoms with E-state index in [0.29, 0.717) is 23.9 Å². The van der Waals surface area contributed by atoms with Crippen LogP contribution >= 0.6 is 7.82 Å². The van der Waals surface area contributed by atoms with Gasteiger partial charge in [-0.2, -0.15) is 0 Å². The highest BCUT2D eigenvalue weighted by molar-refractivity contribution is 7.47. The number of aliphatic hydroxyl groups is 1. The molecule has 0 fully saturated rings. The van der Waals surface area contributed by atoms with Crippen molar-refractivity contribution in [3.05, 3.63) is 97.2 Å². The maximum absolute atomic E-state index is 13.1. The number of hydrogen-bond acceptors (Lipinski definition) is 5. The number of nitrogens with one attached hydrogen (secondary N) is 1. The largest absolute Gasteiger partial charge is 0.472 e. The molecule has 0 heterocycles. The number of amides is 1. The van der Waals surface area contributed by atoms with E-state index < -0.39 is 20.0 Å². The summed E-state index contributed by atoms with van der Waals surface area (Å²) >= 11 is 0. The molecule has 0 saturated carbocycles. The number of quaternary nitrogens is 1. The average molecular weight is 1150 g/mol. The molecule has 0 aliphatic heterocycles. The highest BCUT2D eigenvalue weighted by atomic mass is 31.2. The van der Waals surface area contributed by atoms with Gasteiger partial charge >= 0.3 is 7.82 Å². The van der Waals surface area contributed by atoms with Crippen LogP contribution < -0.4 is 5.32 Å². The fourth-order valence-electron chi connectivity index (χ4n) is 9.83. The van der Waals surface area contributed by atoms with Crippen LogP contribution in [0, 0.1) is 0 Å². The van der Waals surface area contributed by atoms with Crippen molar-refractivity contribution in [3.8, 4) is 0 Å². The summed E-state index contributed by atoms with van der Waals surface area (Å²) in [6.45, 7) is 4.80. The lowest BCUT2D eigenvalue weighted by Gasteiger charge is -2.26. The lowest BCUT2D eigenvalue weighted by molar-refractivity contribution is -0.870. The number of phosphoric ester groups is 1. The lowest BCUT2D eigenvalue weighted by Crippen LogP contribution is -2.46. The van der Waals surface area contributed by atoms with Gasteiger partial charge in [0.15, 0.2) is 0 Å². The number of allylic oxidation sites excluding steroid dienone is 16. The van der Waals surface area contributed by atoms with Gasteiger partial charge in [0.05, 0.1) is 39.9 Å². The van der Waals surface area contributed by atoms with Crippen LogP contribution in [0.5, 0.6) is 0 Å². The number of aliphatic hydroxyl groups excluding tert-OH is 1. The molecular formula is C72H132N2O6P+. The first-order valence-electron chi connectivity index (χ1n) is 34.1. The van der Waals surface area contributed by atoms with Crippen LogP contribution in [0.3, 0.4) is 0 Å². The fraction of sp³-hybridized carbons (Fsp3) is 0.764. The Morgan fingerprint density at radius 3 is 1.09 bits per heavy atom. The quantitative estimate of drug-likeness (QED) is 0.0243. The summed E-state index contributed by atoms with van der Waals surface area (Å²) in [5.41, 5.74) is 0. The molecular weight excluding hydrogens is 1020 g/mol. The van der Waals surface area contributed by atoms with E-state index in [2.05, 4.69) is 116 Å². The van der Waals surface area contributed by atoms with Crippen molar-refractivity contribution in [1.82, 2.24) is 5.32 Å². The van der Waals surface area contributed by atoms with Crippen molar-refractivity contribution in [2.45, 2.75) is 315 Å². The molecule has 1 amide bonds. The molecule has 9 heteroatoms. The van der Waals surface area contributed by atoms with Crippen molar-refractivity contribution < 1.29 is 32.9 Å². The molecule has 470 valence electrons. The van der Waals surface area contributed by atoms with Gasteiger partial charge in [-0.25, -0.2) is 4.57 Å². The number of carbonyl (C=O) groups excluding carboxylic acids is 1. The third kappa shape index (κ3) is 64.8. The molecule has 3 atom stereocenters. The number of hydrogen-bond donors (Lipinski definition) is 3. The Bertz CT molecular complexity index is 1640. The first-order valence-corrected chi connectivity index (χ1v) is 35.6. The van der Waals surface area contributed by atoms with E-state index in [1.165, 1.54) is 186 Å². The minimum absolute atomic E-state index is 0.0716. The second kappa shape index (κ2) is 62.0. The predicted molar refractivity (Wildman–Crippen MR) is 355 cm³/mol. The molecule has 0 aromatic heterocycles. The van der Waals surface area contributed by atoms with Crippen LogP contribution in [0.1, 0.15) is 303 Å². The topological polar surface area (TPSA) is 105 Å². The number of phosphoric acid groups is 1. The molecule has 0 aliphatic carbocycles. The van der Waals surface area contributed by atoms with E-state index in [9.17, 15) is 19.4 Å². The summed E-state index contributed by atoms with van der Waals surface area (Å²) in [4.78, 5) is 23.4. The van der Waals surface area contributed by atoms with Crippen molar-refractivity contribution in [2.75, 3.05) is 40.9 Å². The molecule has 3 N–H and O–H groups in total. The molecule has 81 heavy (non-hydrogen) atoms.